The second-order valence-corrected chi connectivity index (χ2v) is 8.50. The molecule has 3 rings (SSSR count). The van der Waals surface area contributed by atoms with Crippen LogP contribution in [0.4, 0.5) is 18.9 Å². The first kappa shape index (κ1) is 21.0. The van der Waals surface area contributed by atoms with Crippen molar-refractivity contribution >= 4 is 11.6 Å². The number of fused-ring (bicyclic) bond motifs is 1. The standard InChI is InChI=1S/C21H30F3N3O/c1-12(2)8-19(25-3)21(28)26-18-7-4-13-10-27(11-16(13)18)14-5-6-17(22)15(9-14)20(23)24/h5-6,9,12-13,16,18-20,25H,4,7-8,10-11H2,1-3H3,(H,26,28)/t13-,16+,18+,19+/m1/s1. The van der Waals surface area contributed by atoms with E-state index < -0.39 is 17.8 Å². The van der Waals surface area contributed by atoms with Crippen molar-refractivity contribution in [2.24, 2.45) is 17.8 Å². The second kappa shape index (κ2) is 8.72. The van der Waals surface area contributed by atoms with Crippen molar-refractivity contribution in [2.45, 2.75) is 51.6 Å². The lowest BCUT2D eigenvalue weighted by atomic mass is 9.97. The monoisotopic (exact) mass is 397 g/mol. The number of hydrogen-bond donors (Lipinski definition) is 2. The third-order valence-electron chi connectivity index (χ3n) is 6.14. The van der Waals surface area contributed by atoms with Gasteiger partial charge in [0.2, 0.25) is 5.91 Å². The van der Waals surface area contributed by atoms with E-state index in [9.17, 15) is 18.0 Å². The normalized spacial score (nSPS) is 25.4. The van der Waals surface area contributed by atoms with Gasteiger partial charge in [-0.3, -0.25) is 4.79 Å². The first-order valence-electron chi connectivity index (χ1n) is 10.1. The molecule has 1 aliphatic heterocycles. The average molecular weight is 397 g/mol. The largest absolute Gasteiger partial charge is 0.371 e. The fraction of sp³-hybridized carbons (Fsp3) is 0.667. The topological polar surface area (TPSA) is 44.4 Å². The number of alkyl halides is 2. The number of anilines is 1. The smallest absolute Gasteiger partial charge is 0.266 e. The molecular weight excluding hydrogens is 367 g/mol. The summed E-state index contributed by atoms with van der Waals surface area (Å²) in [4.78, 5) is 14.7. The third kappa shape index (κ3) is 4.45. The lowest BCUT2D eigenvalue weighted by Crippen LogP contribution is -2.49. The molecule has 0 unspecified atom stereocenters. The number of amides is 1. The molecule has 4 nitrogen and oxygen atoms in total. The average Bonchev–Trinajstić information content (AvgIpc) is 3.21. The molecular formula is C21H30F3N3O. The number of halogens is 3. The van der Waals surface area contributed by atoms with Crippen LogP contribution < -0.4 is 15.5 Å². The summed E-state index contributed by atoms with van der Waals surface area (Å²) in [6, 6.07) is 3.83. The van der Waals surface area contributed by atoms with Gasteiger partial charge in [-0.15, -0.1) is 0 Å². The van der Waals surface area contributed by atoms with Crippen molar-refractivity contribution in [1.82, 2.24) is 10.6 Å². The van der Waals surface area contributed by atoms with Crippen molar-refractivity contribution in [2.75, 3.05) is 25.0 Å². The Morgan fingerprint density at radius 1 is 1.25 bits per heavy atom. The molecule has 2 N–H and O–H groups in total. The Labute approximate surface area is 164 Å². The summed E-state index contributed by atoms with van der Waals surface area (Å²) in [6.07, 6.45) is -0.0998. The van der Waals surface area contributed by atoms with Gasteiger partial charge in [0.25, 0.3) is 6.43 Å². The number of nitrogens with zero attached hydrogens (tertiary/aromatic N) is 1. The van der Waals surface area contributed by atoms with Gasteiger partial charge < -0.3 is 15.5 Å². The zero-order valence-electron chi connectivity index (χ0n) is 16.7. The Balaban J connectivity index is 1.65. The highest BCUT2D eigenvalue weighted by Crippen LogP contribution is 2.40. The summed E-state index contributed by atoms with van der Waals surface area (Å²) in [5, 5.41) is 6.30. The summed E-state index contributed by atoms with van der Waals surface area (Å²) >= 11 is 0. The molecule has 0 bridgehead atoms. The summed E-state index contributed by atoms with van der Waals surface area (Å²) in [7, 11) is 1.80. The molecule has 2 aliphatic rings. The predicted molar refractivity (Wildman–Crippen MR) is 104 cm³/mol. The van der Waals surface area contributed by atoms with E-state index >= 15 is 0 Å². The molecule has 2 fully saturated rings. The molecule has 1 saturated carbocycles. The summed E-state index contributed by atoms with van der Waals surface area (Å²) in [5.74, 6) is 0.293. The highest BCUT2D eigenvalue weighted by molar-refractivity contribution is 5.82. The van der Waals surface area contributed by atoms with Crippen LogP contribution in [0.3, 0.4) is 0 Å². The number of carbonyl (C=O) groups excluding carboxylic acids is 1. The zero-order valence-corrected chi connectivity index (χ0v) is 16.7. The number of hydrogen-bond acceptors (Lipinski definition) is 3. The molecule has 1 aromatic rings. The first-order valence-corrected chi connectivity index (χ1v) is 10.1. The molecule has 1 saturated heterocycles. The highest BCUT2D eigenvalue weighted by atomic mass is 19.3. The highest BCUT2D eigenvalue weighted by Gasteiger charge is 2.43. The second-order valence-electron chi connectivity index (χ2n) is 8.50. The van der Waals surface area contributed by atoms with Crippen LogP contribution in [0.1, 0.15) is 45.1 Å². The number of likely N-dealkylation sites (N-methyl/N-ethyl adjacent to an activating group) is 1. The molecule has 4 atom stereocenters. The molecule has 1 amide bonds. The van der Waals surface area contributed by atoms with E-state index in [2.05, 4.69) is 24.5 Å². The van der Waals surface area contributed by atoms with Crippen LogP contribution in [-0.2, 0) is 4.79 Å². The molecule has 0 spiro atoms. The molecule has 156 valence electrons. The van der Waals surface area contributed by atoms with Crippen LogP contribution in [0.25, 0.3) is 0 Å². The quantitative estimate of drug-likeness (QED) is 0.737. The van der Waals surface area contributed by atoms with E-state index in [1.54, 1.807) is 13.1 Å². The van der Waals surface area contributed by atoms with E-state index in [1.165, 1.54) is 6.07 Å². The zero-order chi connectivity index (χ0) is 20.4. The van der Waals surface area contributed by atoms with Gasteiger partial charge in [-0.25, -0.2) is 13.2 Å². The van der Waals surface area contributed by atoms with Gasteiger partial charge in [0, 0.05) is 30.7 Å². The minimum atomic E-state index is -2.83. The van der Waals surface area contributed by atoms with Crippen LogP contribution in [0.15, 0.2) is 18.2 Å². The lowest BCUT2D eigenvalue weighted by molar-refractivity contribution is -0.124. The summed E-state index contributed by atoms with van der Waals surface area (Å²) in [6.45, 7) is 5.63. The van der Waals surface area contributed by atoms with E-state index in [1.807, 2.05) is 4.90 Å². The van der Waals surface area contributed by atoms with Crippen molar-refractivity contribution in [1.29, 1.82) is 0 Å². The van der Waals surface area contributed by atoms with Crippen molar-refractivity contribution in [3.63, 3.8) is 0 Å². The van der Waals surface area contributed by atoms with Crippen molar-refractivity contribution in [3.05, 3.63) is 29.6 Å². The van der Waals surface area contributed by atoms with E-state index in [-0.39, 0.29) is 18.0 Å². The van der Waals surface area contributed by atoms with Crippen molar-refractivity contribution < 1.29 is 18.0 Å². The number of rotatable bonds is 7. The fourth-order valence-electron chi connectivity index (χ4n) is 4.66. The van der Waals surface area contributed by atoms with Gasteiger partial charge in [0.05, 0.1) is 11.6 Å². The maximum absolute atomic E-state index is 13.6. The van der Waals surface area contributed by atoms with Crippen LogP contribution >= 0.6 is 0 Å². The van der Waals surface area contributed by atoms with Gasteiger partial charge in [0.15, 0.2) is 0 Å². The number of carbonyl (C=O) groups is 1. The minimum absolute atomic E-state index is 0.0297. The van der Waals surface area contributed by atoms with Gasteiger partial charge in [-0.05, 0) is 56.3 Å². The van der Waals surface area contributed by atoms with Gasteiger partial charge in [0.1, 0.15) is 5.82 Å². The third-order valence-corrected chi connectivity index (χ3v) is 6.14. The Morgan fingerprint density at radius 3 is 2.64 bits per heavy atom. The molecule has 0 aromatic heterocycles. The maximum Gasteiger partial charge on any atom is 0.266 e. The van der Waals surface area contributed by atoms with E-state index in [0.717, 1.165) is 31.9 Å². The van der Waals surface area contributed by atoms with Gasteiger partial charge >= 0.3 is 0 Å². The maximum atomic E-state index is 13.6. The Hall–Kier alpha value is -1.76. The van der Waals surface area contributed by atoms with Crippen LogP contribution in [-0.4, -0.2) is 38.1 Å². The van der Waals surface area contributed by atoms with Crippen LogP contribution in [0, 0.1) is 23.6 Å². The molecule has 28 heavy (non-hydrogen) atoms. The first-order chi connectivity index (χ1) is 13.3. The molecule has 1 aromatic carbocycles. The van der Waals surface area contributed by atoms with E-state index in [0.29, 0.717) is 30.0 Å². The SMILES string of the molecule is CN[C@@H](CC(C)C)C(=O)N[C@H]1CC[C@@H]2CN(c3ccc(F)c(C(F)F)c3)C[C@@H]21. The summed E-state index contributed by atoms with van der Waals surface area (Å²) in [5.41, 5.74) is 0.0778. The Kier molecular flexibility index (Phi) is 6.53. The molecule has 7 heteroatoms. The Morgan fingerprint density at radius 2 is 2.00 bits per heavy atom. The van der Waals surface area contributed by atoms with Crippen LogP contribution in [0.5, 0.6) is 0 Å². The minimum Gasteiger partial charge on any atom is -0.371 e. The van der Waals surface area contributed by atoms with Gasteiger partial charge in [-0.1, -0.05) is 13.8 Å². The van der Waals surface area contributed by atoms with Gasteiger partial charge in [-0.2, -0.15) is 0 Å². The molecule has 1 aliphatic carbocycles. The lowest BCUT2D eigenvalue weighted by Gasteiger charge is -2.26. The van der Waals surface area contributed by atoms with E-state index in [4.69, 9.17) is 0 Å². The Bertz CT molecular complexity index is 697. The van der Waals surface area contributed by atoms with Crippen LogP contribution in [0.2, 0.25) is 0 Å². The molecule has 1 heterocycles. The number of benzene rings is 1. The van der Waals surface area contributed by atoms with Crippen molar-refractivity contribution in [3.8, 4) is 0 Å². The fourth-order valence-corrected chi connectivity index (χ4v) is 4.66. The number of nitrogens with one attached hydrogen (secondary N) is 2. The molecule has 0 radical (unpaired) electrons. The summed E-state index contributed by atoms with van der Waals surface area (Å²) < 4.78 is 39.6. The predicted octanol–water partition coefficient (Wildman–Crippen LogP) is 3.73.